The van der Waals surface area contributed by atoms with E-state index >= 15 is 0 Å². The summed E-state index contributed by atoms with van der Waals surface area (Å²) in [5, 5.41) is 3.02. The van der Waals surface area contributed by atoms with Gasteiger partial charge in [0.05, 0.1) is 13.2 Å². The SMILES string of the molecule is CCc1cc(N(C)[C@H]2C[C@H]3CC(=O)NC[C@H]3C2)nc(N2CCOCC2)n1. The summed E-state index contributed by atoms with van der Waals surface area (Å²) < 4.78 is 5.46. The second-order valence-corrected chi connectivity index (χ2v) is 7.73. The molecule has 26 heavy (non-hydrogen) atoms. The van der Waals surface area contributed by atoms with E-state index in [-0.39, 0.29) is 5.91 Å². The van der Waals surface area contributed by atoms with Crippen molar-refractivity contribution in [3.8, 4) is 0 Å². The van der Waals surface area contributed by atoms with E-state index in [0.717, 1.165) is 69.6 Å². The standard InChI is InChI=1S/C19H29N5O2/c1-3-15-11-17(22-19(21-15)24-4-6-26-7-5-24)23(2)16-8-13-10-18(25)20-12-14(13)9-16/h11,13-14,16H,3-10,12H2,1-2H3,(H,20,25)/t13-,14+,16-/m0/s1. The van der Waals surface area contributed by atoms with Gasteiger partial charge in [-0.2, -0.15) is 4.98 Å². The molecule has 0 bridgehead atoms. The number of aryl methyl sites for hydroxylation is 1. The second kappa shape index (κ2) is 7.39. The molecule has 142 valence electrons. The number of morpholine rings is 1. The normalized spacial score (nSPS) is 28.6. The Balaban J connectivity index is 1.53. The van der Waals surface area contributed by atoms with Gasteiger partial charge in [-0.25, -0.2) is 4.98 Å². The van der Waals surface area contributed by atoms with Crippen molar-refractivity contribution in [3.05, 3.63) is 11.8 Å². The lowest BCUT2D eigenvalue weighted by Crippen LogP contribution is -2.38. The van der Waals surface area contributed by atoms with Gasteiger partial charge >= 0.3 is 0 Å². The number of carbonyl (C=O) groups is 1. The number of amides is 1. The maximum atomic E-state index is 11.7. The van der Waals surface area contributed by atoms with Crippen LogP contribution in [-0.4, -0.2) is 61.8 Å². The number of nitrogens with zero attached hydrogens (tertiary/aromatic N) is 4. The molecule has 1 amide bonds. The van der Waals surface area contributed by atoms with E-state index in [1.807, 2.05) is 0 Å². The Morgan fingerprint density at radius 1 is 1.27 bits per heavy atom. The average Bonchev–Trinajstić information content (AvgIpc) is 3.10. The number of hydrogen-bond donors (Lipinski definition) is 1. The van der Waals surface area contributed by atoms with E-state index in [4.69, 9.17) is 14.7 Å². The molecular formula is C19H29N5O2. The Labute approximate surface area is 155 Å². The first kappa shape index (κ1) is 17.5. The lowest BCUT2D eigenvalue weighted by Gasteiger charge is -2.30. The fourth-order valence-corrected chi connectivity index (χ4v) is 4.47. The van der Waals surface area contributed by atoms with Gasteiger partial charge in [-0.15, -0.1) is 0 Å². The quantitative estimate of drug-likeness (QED) is 0.872. The number of anilines is 2. The second-order valence-electron chi connectivity index (χ2n) is 7.73. The molecule has 0 unspecified atom stereocenters. The Kier molecular flexibility index (Phi) is 4.98. The van der Waals surface area contributed by atoms with Crippen LogP contribution >= 0.6 is 0 Å². The van der Waals surface area contributed by atoms with Gasteiger partial charge in [0.2, 0.25) is 11.9 Å². The predicted molar refractivity (Wildman–Crippen MR) is 100 cm³/mol. The first-order valence-electron chi connectivity index (χ1n) is 9.84. The summed E-state index contributed by atoms with van der Waals surface area (Å²) in [5.74, 6) is 3.15. The average molecular weight is 359 g/mol. The predicted octanol–water partition coefficient (Wildman–Crippen LogP) is 1.23. The van der Waals surface area contributed by atoms with E-state index in [1.54, 1.807) is 0 Å². The fraction of sp³-hybridized carbons (Fsp3) is 0.737. The highest BCUT2D eigenvalue weighted by atomic mass is 16.5. The molecule has 3 heterocycles. The highest BCUT2D eigenvalue weighted by Gasteiger charge is 2.40. The molecule has 1 saturated carbocycles. The van der Waals surface area contributed by atoms with Gasteiger partial charge in [-0.05, 0) is 31.1 Å². The number of carbonyl (C=O) groups excluding carboxylic acids is 1. The highest BCUT2D eigenvalue weighted by molar-refractivity contribution is 5.77. The molecule has 2 aliphatic heterocycles. The van der Waals surface area contributed by atoms with Crippen LogP contribution in [0.25, 0.3) is 0 Å². The van der Waals surface area contributed by atoms with E-state index in [0.29, 0.717) is 24.3 Å². The van der Waals surface area contributed by atoms with E-state index in [2.05, 4.69) is 35.2 Å². The summed E-state index contributed by atoms with van der Waals surface area (Å²) in [6, 6.07) is 2.56. The van der Waals surface area contributed by atoms with Crippen LogP contribution in [-0.2, 0) is 16.0 Å². The minimum Gasteiger partial charge on any atom is -0.378 e. The van der Waals surface area contributed by atoms with E-state index in [9.17, 15) is 4.79 Å². The lowest BCUT2D eigenvalue weighted by atomic mass is 9.89. The zero-order valence-electron chi connectivity index (χ0n) is 15.8. The first-order valence-corrected chi connectivity index (χ1v) is 9.84. The minimum absolute atomic E-state index is 0.208. The van der Waals surface area contributed by atoms with Gasteiger partial charge in [0.1, 0.15) is 5.82 Å². The molecule has 1 N–H and O–H groups in total. The molecule has 4 rings (SSSR count). The molecule has 7 heteroatoms. The monoisotopic (exact) mass is 359 g/mol. The van der Waals surface area contributed by atoms with Crippen molar-refractivity contribution in [2.24, 2.45) is 11.8 Å². The zero-order valence-corrected chi connectivity index (χ0v) is 15.8. The van der Waals surface area contributed by atoms with Crippen LogP contribution in [0.1, 0.15) is 31.9 Å². The van der Waals surface area contributed by atoms with Gasteiger partial charge in [0.25, 0.3) is 0 Å². The number of rotatable bonds is 4. The molecule has 1 aromatic rings. The van der Waals surface area contributed by atoms with Crippen molar-refractivity contribution in [2.45, 2.75) is 38.6 Å². The topological polar surface area (TPSA) is 70.6 Å². The molecule has 3 atom stereocenters. The molecule has 0 spiro atoms. The third kappa shape index (κ3) is 3.49. The molecule has 1 aromatic heterocycles. The molecule has 0 aromatic carbocycles. The summed E-state index contributed by atoms with van der Waals surface area (Å²) in [7, 11) is 2.14. The van der Waals surface area contributed by atoms with Crippen LogP contribution in [0.3, 0.4) is 0 Å². The van der Waals surface area contributed by atoms with Crippen LogP contribution < -0.4 is 15.1 Å². The zero-order chi connectivity index (χ0) is 18.1. The van der Waals surface area contributed by atoms with Crippen LogP contribution in [0.4, 0.5) is 11.8 Å². The first-order chi connectivity index (χ1) is 12.6. The summed E-state index contributed by atoms with van der Waals surface area (Å²) in [6.45, 7) is 6.12. The third-order valence-corrected chi connectivity index (χ3v) is 6.14. The third-order valence-electron chi connectivity index (χ3n) is 6.14. The van der Waals surface area contributed by atoms with Crippen molar-refractivity contribution in [2.75, 3.05) is 49.7 Å². The molecule has 3 aliphatic rings. The van der Waals surface area contributed by atoms with E-state index < -0.39 is 0 Å². The van der Waals surface area contributed by atoms with Crippen molar-refractivity contribution >= 4 is 17.7 Å². The fourth-order valence-electron chi connectivity index (χ4n) is 4.47. The number of fused-ring (bicyclic) bond motifs is 1. The smallest absolute Gasteiger partial charge is 0.227 e. The molecule has 3 fully saturated rings. The molecular weight excluding hydrogens is 330 g/mol. The number of aromatic nitrogens is 2. The van der Waals surface area contributed by atoms with Crippen LogP contribution in [0.15, 0.2) is 6.07 Å². The molecule has 7 nitrogen and oxygen atoms in total. The number of piperidine rings is 1. The van der Waals surface area contributed by atoms with Gasteiger partial charge in [-0.3, -0.25) is 4.79 Å². The molecule has 0 radical (unpaired) electrons. The van der Waals surface area contributed by atoms with Gasteiger partial charge in [-0.1, -0.05) is 6.92 Å². The molecule has 1 aliphatic carbocycles. The van der Waals surface area contributed by atoms with Crippen molar-refractivity contribution in [1.82, 2.24) is 15.3 Å². The van der Waals surface area contributed by atoms with Crippen LogP contribution in [0, 0.1) is 11.8 Å². The Bertz CT molecular complexity index is 661. The van der Waals surface area contributed by atoms with Crippen LogP contribution in [0.5, 0.6) is 0 Å². The van der Waals surface area contributed by atoms with Crippen LogP contribution in [0.2, 0.25) is 0 Å². The lowest BCUT2D eigenvalue weighted by molar-refractivity contribution is -0.124. The number of ether oxygens (including phenoxy) is 1. The van der Waals surface area contributed by atoms with Crippen molar-refractivity contribution in [3.63, 3.8) is 0 Å². The largest absolute Gasteiger partial charge is 0.378 e. The van der Waals surface area contributed by atoms with Gasteiger partial charge in [0, 0.05) is 50.9 Å². The summed E-state index contributed by atoms with van der Waals surface area (Å²) in [5.41, 5.74) is 1.08. The summed E-state index contributed by atoms with van der Waals surface area (Å²) in [4.78, 5) is 25.9. The van der Waals surface area contributed by atoms with E-state index in [1.165, 1.54) is 0 Å². The van der Waals surface area contributed by atoms with Crippen molar-refractivity contribution < 1.29 is 9.53 Å². The Hall–Kier alpha value is -1.89. The number of nitrogens with one attached hydrogen (secondary N) is 1. The number of hydrogen-bond acceptors (Lipinski definition) is 6. The highest BCUT2D eigenvalue weighted by Crippen LogP contribution is 2.39. The van der Waals surface area contributed by atoms with Gasteiger partial charge < -0.3 is 19.9 Å². The maximum absolute atomic E-state index is 11.7. The summed E-state index contributed by atoms with van der Waals surface area (Å²) in [6.07, 6.45) is 3.78. The Morgan fingerprint density at radius 2 is 2.04 bits per heavy atom. The van der Waals surface area contributed by atoms with Crippen molar-refractivity contribution in [1.29, 1.82) is 0 Å². The Morgan fingerprint density at radius 3 is 2.81 bits per heavy atom. The maximum Gasteiger partial charge on any atom is 0.227 e. The molecule has 2 saturated heterocycles. The van der Waals surface area contributed by atoms with Gasteiger partial charge in [0.15, 0.2) is 0 Å². The minimum atomic E-state index is 0.208. The summed E-state index contributed by atoms with van der Waals surface area (Å²) >= 11 is 0.